The summed E-state index contributed by atoms with van der Waals surface area (Å²) < 4.78 is 0. The number of halogens is 1. The Morgan fingerprint density at radius 1 is 1.14 bits per heavy atom. The van der Waals surface area contributed by atoms with E-state index < -0.39 is 23.5 Å². The highest BCUT2D eigenvalue weighted by molar-refractivity contribution is 6.32. The summed E-state index contributed by atoms with van der Waals surface area (Å²) in [5.41, 5.74) is 4.92. The molecule has 2 aromatic carbocycles. The summed E-state index contributed by atoms with van der Waals surface area (Å²) in [5.74, 6) is -1.13. The molecule has 0 aromatic heterocycles. The number of carbonyl (C=O) groups excluding carboxylic acids is 2. The van der Waals surface area contributed by atoms with Crippen LogP contribution in [0.15, 0.2) is 42.5 Å². The van der Waals surface area contributed by atoms with Crippen molar-refractivity contribution in [1.82, 2.24) is 10.9 Å². The van der Waals surface area contributed by atoms with Crippen molar-refractivity contribution in [2.45, 2.75) is 32.4 Å². The van der Waals surface area contributed by atoms with Crippen LogP contribution in [0.4, 0.5) is 5.69 Å². The van der Waals surface area contributed by atoms with E-state index in [4.69, 9.17) is 16.9 Å². The number of anilines is 1. The molecule has 0 heterocycles. The molecule has 0 spiro atoms. The molecular weight excluding hydrogens is 380 g/mol. The predicted molar refractivity (Wildman–Crippen MR) is 107 cm³/mol. The van der Waals surface area contributed by atoms with Crippen molar-refractivity contribution in [3.8, 4) is 6.07 Å². The molecular formula is C20H21ClN4O3. The first kappa shape index (κ1) is 21.2. The molecule has 0 aliphatic rings. The van der Waals surface area contributed by atoms with Crippen LogP contribution in [0.5, 0.6) is 0 Å². The number of nitrogens with zero attached hydrogens (tertiary/aromatic N) is 1. The molecule has 28 heavy (non-hydrogen) atoms. The summed E-state index contributed by atoms with van der Waals surface area (Å²) in [7, 11) is 0. The molecule has 2 amide bonds. The van der Waals surface area contributed by atoms with Gasteiger partial charge in [0.05, 0.1) is 16.2 Å². The van der Waals surface area contributed by atoms with Crippen molar-refractivity contribution in [3.63, 3.8) is 0 Å². The molecule has 0 aliphatic heterocycles. The Labute approximate surface area is 168 Å². The fraction of sp³-hybridized carbons (Fsp3) is 0.250. The second-order valence-corrected chi connectivity index (χ2v) is 7.13. The molecule has 1 atom stereocenters. The lowest BCUT2D eigenvalue weighted by atomic mass is 9.97. The molecule has 0 unspecified atom stereocenters. The molecule has 0 saturated heterocycles. The van der Waals surface area contributed by atoms with Crippen molar-refractivity contribution < 1.29 is 14.7 Å². The zero-order valence-electron chi connectivity index (χ0n) is 15.7. The van der Waals surface area contributed by atoms with Gasteiger partial charge in [0.25, 0.3) is 11.8 Å². The van der Waals surface area contributed by atoms with Gasteiger partial charge in [-0.05, 0) is 50.6 Å². The monoisotopic (exact) mass is 400 g/mol. The highest BCUT2D eigenvalue weighted by Crippen LogP contribution is 2.28. The number of amides is 2. The van der Waals surface area contributed by atoms with Gasteiger partial charge in [0.15, 0.2) is 0 Å². The van der Waals surface area contributed by atoms with Crippen LogP contribution in [-0.4, -0.2) is 28.6 Å². The molecule has 8 heteroatoms. The van der Waals surface area contributed by atoms with Crippen LogP contribution in [0.25, 0.3) is 0 Å². The Hall–Kier alpha value is -3.08. The summed E-state index contributed by atoms with van der Waals surface area (Å²) in [6.45, 7) is 4.62. The van der Waals surface area contributed by atoms with Gasteiger partial charge in [0.1, 0.15) is 12.1 Å². The molecule has 146 valence electrons. The third kappa shape index (κ3) is 5.00. The van der Waals surface area contributed by atoms with E-state index in [-0.39, 0.29) is 5.02 Å². The summed E-state index contributed by atoms with van der Waals surface area (Å²) in [6, 6.07) is 12.4. The first-order valence-corrected chi connectivity index (χ1v) is 8.86. The van der Waals surface area contributed by atoms with Crippen molar-refractivity contribution in [2.24, 2.45) is 0 Å². The number of nitriles is 1. The summed E-state index contributed by atoms with van der Waals surface area (Å²) >= 11 is 6.16. The number of benzene rings is 2. The van der Waals surface area contributed by atoms with Crippen molar-refractivity contribution in [2.75, 3.05) is 5.32 Å². The van der Waals surface area contributed by atoms with E-state index in [1.54, 1.807) is 43.3 Å². The standard InChI is InChI=1S/C20H21ClN4O3/c1-12-15(10-9-14(11-22)16(12)21)23-17(20(2,3)28)19(27)25-24-18(26)13-7-5-4-6-8-13/h4-10,17,23,28H,1-3H3,(H,24,26)(H,25,27)/t17-/m0/s1. The Balaban J connectivity index is 2.16. The predicted octanol–water partition coefficient (Wildman–Crippen LogP) is 2.53. The van der Waals surface area contributed by atoms with Gasteiger partial charge in [-0.25, -0.2) is 0 Å². The van der Waals surface area contributed by atoms with Gasteiger partial charge in [0, 0.05) is 11.3 Å². The zero-order chi connectivity index (χ0) is 20.9. The molecule has 0 fully saturated rings. The highest BCUT2D eigenvalue weighted by Gasteiger charge is 2.34. The maximum Gasteiger partial charge on any atom is 0.269 e. The molecule has 7 nitrogen and oxygen atoms in total. The van der Waals surface area contributed by atoms with Crippen LogP contribution >= 0.6 is 11.6 Å². The van der Waals surface area contributed by atoms with Crippen molar-refractivity contribution in [3.05, 3.63) is 64.2 Å². The van der Waals surface area contributed by atoms with Gasteiger partial charge < -0.3 is 10.4 Å². The van der Waals surface area contributed by atoms with Gasteiger partial charge in [-0.2, -0.15) is 5.26 Å². The average Bonchev–Trinajstić information content (AvgIpc) is 2.66. The van der Waals surface area contributed by atoms with Crippen LogP contribution in [0, 0.1) is 18.3 Å². The van der Waals surface area contributed by atoms with Crippen molar-refractivity contribution >= 4 is 29.1 Å². The number of rotatable bonds is 5. The van der Waals surface area contributed by atoms with Gasteiger partial charge in [-0.3, -0.25) is 20.4 Å². The molecule has 2 aromatic rings. The highest BCUT2D eigenvalue weighted by atomic mass is 35.5. The van der Waals surface area contributed by atoms with Crippen LogP contribution in [0.3, 0.4) is 0 Å². The van der Waals surface area contributed by atoms with Crippen LogP contribution < -0.4 is 16.2 Å². The van der Waals surface area contributed by atoms with Gasteiger partial charge in [-0.1, -0.05) is 29.8 Å². The van der Waals surface area contributed by atoms with Crippen LogP contribution in [-0.2, 0) is 4.79 Å². The average molecular weight is 401 g/mol. The Kier molecular flexibility index (Phi) is 6.62. The molecule has 0 aliphatic carbocycles. The largest absolute Gasteiger partial charge is 0.388 e. The van der Waals surface area contributed by atoms with Crippen LogP contribution in [0.2, 0.25) is 5.02 Å². The summed E-state index contributed by atoms with van der Waals surface area (Å²) in [5, 5.41) is 22.7. The number of nitrogens with one attached hydrogen (secondary N) is 3. The lowest BCUT2D eigenvalue weighted by Crippen LogP contribution is -2.56. The molecule has 0 radical (unpaired) electrons. The first-order valence-electron chi connectivity index (χ1n) is 8.48. The second kappa shape index (κ2) is 8.74. The third-order valence-electron chi connectivity index (χ3n) is 4.11. The minimum absolute atomic E-state index is 0.264. The topological polar surface area (TPSA) is 114 Å². The Bertz CT molecular complexity index is 918. The number of hydrogen-bond acceptors (Lipinski definition) is 5. The fourth-order valence-electron chi connectivity index (χ4n) is 2.50. The van der Waals surface area contributed by atoms with E-state index in [9.17, 15) is 14.7 Å². The van der Waals surface area contributed by atoms with E-state index in [2.05, 4.69) is 16.2 Å². The molecule has 4 N–H and O–H groups in total. The Morgan fingerprint density at radius 2 is 1.79 bits per heavy atom. The van der Waals surface area contributed by atoms with Crippen molar-refractivity contribution in [1.29, 1.82) is 5.26 Å². The minimum Gasteiger partial charge on any atom is -0.388 e. The zero-order valence-corrected chi connectivity index (χ0v) is 16.5. The number of hydrazine groups is 1. The first-order chi connectivity index (χ1) is 13.1. The quantitative estimate of drug-likeness (QED) is 0.576. The minimum atomic E-state index is -1.46. The normalized spacial score (nSPS) is 11.9. The van der Waals surface area contributed by atoms with E-state index in [1.807, 2.05) is 6.07 Å². The van der Waals surface area contributed by atoms with E-state index >= 15 is 0 Å². The maximum atomic E-state index is 12.6. The number of aliphatic hydroxyl groups is 1. The van der Waals surface area contributed by atoms with E-state index in [0.29, 0.717) is 22.4 Å². The molecule has 0 saturated carbocycles. The summed E-state index contributed by atoms with van der Waals surface area (Å²) in [6.07, 6.45) is 0. The number of hydrogen-bond donors (Lipinski definition) is 4. The Morgan fingerprint density at radius 3 is 2.36 bits per heavy atom. The second-order valence-electron chi connectivity index (χ2n) is 6.75. The molecule has 0 bridgehead atoms. The summed E-state index contributed by atoms with van der Waals surface area (Å²) in [4.78, 5) is 24.7. The molecule has 2 rings (SSSR count). The fourth-order valence-corrected chi connectivity index (χ4v) is 2.71. The van der Waals surface area contributed by atoms with E-state index in [1.165, 1.54) is 19.9 Å². The maximum absolute atomic E-state index is 12.6. The van der Waals surface area contributed by atoms with Gasteiger partial charge >= 0.3 is 0 Å². The third-order valence-corrected chi connectivity index (χ3v) is 4.60. The van der Waals surface area contributed by atoms with Gasteiger partial charge in [-0.15, -0.1) is 0 Å². The number of carbonyl (C=O) groups is 2. The SMILES string of the molecule is Cc1c(N[C@@H](C(=O)NNC(=O)c2ccccc2)C(C)(C)O)ccc(C#N)c1Cl. The smallest absolute Gasteiger partial charge is 0.269 e. The van der Waals surface area contributed by atoms with Crippen LogP contribution in [0.1, 0.15) is 35.3 Å². The lowest BCUT2D eigenvalue weighted by molar-refractivity contribution is -0.127. The van der Waals surface area contributed by atoms with E-state index in [0.717, 1.165) is 0 Å². The lowest BCUT2D eigenvalue weighted by Gasteiger charge is -2.30. The van der Waals surface area contributed by atoms with Gasteiger partial charge in [0.2, 0.25) is 0 Å².